The third-order valence-electron chi connectivity index (χ3n) is 1.19. The number of hydrogen-bond donors (Lipinski definition) is 0. The zero-order chi connectivity index (χ0) is 7.98. The lowest BCUT2D eigenvalue weighted by Gasteiger charge is -1.93. The Morgan fingerprint density at radius 3 is 2.60 bits per heavy atom. The van der Waals surface area contributed by atoms with Crippen molar-refractivity contribution in [2.75, 3.05) is 0 Å². The van der Waals surface area contributed by atoms with Gasteiger partial charge in [0.25, 0.3) is 6.43 Å². The summed E-state index contributed by atoms with van der Waals surface area (Å²) in [6.45, 7) is 5.63. The first-order valence-corrected chi connectivity index (χ1v) is 3.28. The normalized spacial score (nSPS) is 11.2. The Morgan fingerprint density at radius 1 is 1.60 bits per heavy atom. The van der Waals surface area contributed by atoms with E-state index in [-0.39, 0.29) is 0 Å². The van der Waals surface area contributed by atoms with E-state index in [2.05, 4.69) is 6.58 Å². The topological polar surface area (TPSA) is 0 Å². The molecule has 0 spiro atoms. The SMILES string of the molecule is C=C(CC)C/C=C/C(F)F. The third kappa shape index (κ3) is 5.48. The molecule has 0 heterocycles. The van der Waals surface area contributed by atoms with Crippen molar-refractivity contribution in [1.82, 2.24) is 0 Å². The molecule has 0 bridgehead atoms. The van der Waals surface area contributed by atoms with E-state index in [9.17, 15) is 8.78 Å². The molecule has 2 heteroatoms. The molecule has 0 unspecified atom stereocenters. The largest absolute Gasteiger partial charge is 0.257 e. The van der Waals surface area contributed by atoms with Gasteiger partial charge < -0.3 is 0 Å². The molecule has 0 atom stereocenters. The molecule has 0 aliphatic rings. The highest BCUT2D eigenvalue weighted by molar-refractivity contribution is 5.01. The number of rotatable bonds is 4. The first kappa shape index (κ1) is 9.34. The molecule has 0 amide bonds. The lowest BCUT2D eigenvalue weighted by atomic mass is 10.1. The first-order valence-electron chi connectivity index (χ1n) is 3.28. The Kier molecular flexibility index (Phi) is 4.81. The lowest BCUT2D eigenvalue weighted by Crippen LogP contribution is -1.81. The predicted octanol–water partition coefficient (Wildman–Crippen LogP) is 3.16. The fourth-order valence-corrected chi connectivity index (χ4v) is 0.482. The summed E-state index contributed by atoms with van der Waals surface area (Å²) in [5.74, 6) is 0. The van der Waals surface area contributed by atoms with Crippen molar-refractivity contribution in [1.29, 1.82) is 0 Å². The van der Waals surface area contributed by atoms with Crippen LogP contribution in [0.3, 0.4) is 0 Å². The average molecular weight is 146 g/mol. The van der Waals surface area contributed by atoms with Crippen LogP contribution in [-0.2, 0) is 0 Å². The van der Waals surface area contributed by atoms with Crippen molar-refractivity contribution < 1.29 is 8.78 Å². The molecule has 0 aliphatic heterocycles. The van der Waals surface area contributed by atoms with E-state index in [4.69, 9.17) is 0 Å². The van der Waals surface area contributed by atoms with Gasteiger partial charge in [0.2, 0.25) is 0 Å². The molecular formula is C8H12F2. The smallest absolute Gasteiger partial charge is 0.206 e. The molecule has 10 heavy (non-hydrogen) atoms. The average Bonchev–Trinajstić information content (AvgIpc) is 1.87. The zero-order valence-corrected chi connectivity index (χ0v) is 6.11. The van der Waals surface area contributed by atoms with E-state index >= 15 is 0 Å². The molecule has 0 aromatic heterocycles. The summed E-state index contributed by atoms with van der Waals surface area (Å²) < 4.78 is 22.9. The van der Waals surface area contributed by atoms with Gasteiger partial charge in [0.05, 0.1) is 0 Å². The molecule has 0 saturated heterocycles. The second kappa shape index (κ2) is 5.15. The number of halogens is 2. The molecule has 0 N–H and O–H groups in total. The molecule has 0 aromatic carbocycles. The van der Waals surface area contributed by atoms with Crippen LogP contribution >= 0.6 is 0 Å². The Bertz CT molecular complexity index is 125. The molecule has 0 fully saturated rings. The quantitative estimate of drug-likeness (QED) is 0.534. The minimum absolute atomic E-state index is 0.570. The van der Waals surface area contributed by atoms with Crippen LogP contribution in [-0.4, -0.2) is 6.43 Å². The maximum absolute atomic E-state index is 11.5. The van der Waals surface area contributed by atoms with E-state index in [0.29, 0.717) is 6.42 Å². The summed E-state index contributed by atoms with van der Waals surface area (Å²) in [7, 11) is 0. The van der Waals surface area contributed by atoms with Gasteiger partial charge in [-0.25, -0.2) is 8.78 Å². The van der Waals surface area contributed by atoms with Gasteiger partial charge in [-0.05, 0) is 18.9 Å². The monoisotopic (exact) mass is 146 g/mol. The Balaban J connectivity index is 3.43. The van der Waals surface area contributed by atoms with Gasteiger partial charge in [-0.15, -0.1) is 0 Å². The molecule has 0 nitrogen and oxygen atoms in total. The first-order chi connectivity index (χ1) is 4.66. The molecule has 58 valence electrons. The van der Waals surface area contributed by atoms with Crippen LogP contribution in [0.1, 0.15) is 19.8 Å². The maximum Gasteiger partial charge on any atom is 0.257 e. The highest BCUT2D eigenvalue weighted by atomic mass is 19.3. The number of allylic oxidation sites excluding steroid dienone is 3. The van der Waals surface area contributed by atoms with E-state index < -0.39 is 6.43 Å². The summed E-state index contributed by atoms with van der Waals surface area (Å²) in [6.07, 6.45) is 1.44. The second-order valence-corrected chi connectivity index (χ2v) is 2.07. The van der Waals surface area contributed by atoms with Gasteiger partial charge in [-0.3, -0.25) is 0 Å². The van der Waals surface area contributed by atoms with Crippen LogP contribution in [0.15, 0.2) is 24.3 Å². The van der Waals surface area contributed by atoms with Crippen molar-refractivity contribution in [2.24, 2.45) is 0 Å². The Hall–Kier alpha value is -0.660. The summed E-state index contributed by atoms with van der Waals surface area (Å²) in [6, 6.07) is 0. The number of hydrogen-bond acceptors (Lipinski definition) is 0. The van der Waals surface area contributed by atoms with Crippen LogP contribution in [0.2, 0.25) is 0 Å². The van der Waals surface area contributed by atoms with Crippen molar-refractivity contribution >= 4 is 0 Å². The number of alkyl halides is 2. The fourth-order valence-electron chi connectivity index (χ4n) is 0.482. The summed E-state index contributed by atoms with van der Waals surface area (Å²) in [5, 5.41) is 0. The highest BCUT2D eigenvalue weighted by Crippen LogP contribution is 2.04. The van der Waals surface area contributed by atoms with E-state index in [0.717, 1.165) is 18.1 Å². The summed E-state index contributed by atoms with van der Waals surface area (Å²) in [4.78, 5) is 0. The van der Waals surface area contributed by atoms with Gasteiger partial charge in [-0.2, -0.15) is 0 Å². The van der Waals surface area contributed by atoms with Gasteiger partial charge in [0.1, 0.15) is 0 Å². The van der Waals surface area contributed by atoms with Crippen LogP contribution in [0, 0.1) is 0 Å². The molecule has 0 saturated carbocycles. The second-order valence-electron chi connectivity index (χ2n) is 2.07. The van der Waals surface area contributed by atoms with E-state index in [1.54, 1.807) is 0 Å². The van der Waals surface area contributed by atoms with Crippen LogP contribution in [0.5, 0.6) is 0 Å². The Morgan fingerprint density at radius 2 is 2.20 bits per heavy atom. The molecule has 0 aliphatic carbocycles. The minimum Gasteiger partial charge on any atom is -0.206 e. The summed E-state index contributed by atoms with van der Waals surface area (Å²) in [5.41, 5.74) is 0.983. The van der Waals surface area contributed by atoms with Crippen molar-refractivity contribution in [3.05, 3.63) is 24.3 Å². The van der Waals surface area contributed by atoms with Gasteiger partial charge in [-0.1, -0.05) is 25.2 Å². The van der Waals surface area contributed by atoms with Crippen molar-refractivity contribution in [3.63, 3.8) is 0 Å². The molecular weight excluding hydrogens is 134 g/mol. The van der Waals surface area contributed by atoms with E-state index in [1.165, 1.54) is 6.08 Å². The fraction of sp³-hybridized carbons (Fsp3) is 0.500. The van der Waals surface area contributed by atoms with Crippen LogP contribution in [0.25, 0.3) is 0 Å². The van der Waals surface area contributed by atoms with Crippen LogP contribution < -0.4 is 0 Å². The highest BCUT2D eigenvalue weighted by Gasteiger charge is 1.92. The van der Waals surface area contributed by atoms with Crippen molar-refractivity contribution in [3.8, 4) is 0 Å². The minimum atomic E-state index is -2.33. The summed E-state index contributed by atoms with van der Waals surface area (Å²) >= 11 is 0. The van der Waals surface area contributed by atoms with Crippen LogP contribution in [0.4, 0.5) is 8.78 Å². The zero-order valence-electron chi connectivity index (χ0n) is 6.11. The van der Waals surface area contributed by atoms with Crippen molar-refractivity contribution in [2.45, 2.75) is 26.2 Å². The third-order valence-corrected chi connectivity index (χ3v) is 1.19. The van der Waals surface area contributed by atoms with Gasteiger partial charge in [0.15, 0.2) is 0 Å². The molecule has 0 radical (unpaired) electrons. The Labute approximate surface area is 60.2 Å². The lowest BCUT2D eigenvalue weighted by molar-refractivity contribution is 0.204. The predicted molar refractivity (Wildman–Crippen MR) is 39.2 cm³/mol. The maximum atomic E-state index is 11.5. The van der Waals surface area contributed by atoms with E-state index in [1.807, 2.05) is 6.92 Å². The molecule has 0 aromatic rings. The molecule has 0 rings (SSSR count). The van der Waals surface area contributed by atoms with Gasteiger partial charge >= 0.3 is 0 Å². The standard InChI is InChI=1S/C8H12F2/c1-3-7(2)5-4-6-8(9)10/h4,6,8H,2-3,5H2,1H3/b6-4+. The van der Waals surface area contributed by atoms with Gasteiger partial charge in [0, 0.05) is 0 Å².